The molecule has 2 rings (SSSR count). The molecule has 0 bridgehead atoms. The number of aromatic nitrogens is 3. The summed E-state index contributed by atoms with van der Waals surface area (Å²) in [5, 5.41) is 8.27. The van der Waals surface area contributed by atoms with Crippen molar-refractivity contribution in [2.45, 2.75) is 39.3 Å². The largest absolute Gasteiger partial charge is 0.329 e. The zero-order chi connectivity index (χ0) is 12.1. The fraction of sp³-hybridized carbons (Fsp3) is 0.833. The Morgan fingerprint density at radius 1 is 1.53 bits per heavy atom. The van der Waals surface area contributed by atoms with Gasteiger partial charge in [0.2, 0.25) is 0 Å². The molecule has 0 radical (unpaired) electrons. The molecule has 5 heteroatoms. The van der Waals surface area contributed by atoms with Crippen molar-refractivity contribution in [1.29, 1.82) is 0 Å². The second kappa shape index (κ2) is 6.12. The minimum atomic E-state index is 0.615. The highest BCUT2D eigenvalue weighted by Gasteiger charge is 2.19. The molecule has 1 aromatic heterocycles. The summed E-state index contributed by atoms with van der Waals surface area (Å²) in [6, 6.07) is 0. The molecule has 96 valence electrons. The van der Waals surface area contributed by atoms with Crippen molar-refractivity contribution in [3.05, 3.63) is 11.9 Å². The number of nitrogens with zero attached hydrogens (tertiary/aromatic N) is 4. The zero-order valence-electron chi connectivity index (χ0n) is 10.7. The van der Waals surface area contributed by atoms with Crippen molar-refractivity contribution in [2.24, 2.45) is 11.7 Å². The summed E-state index contributed by atoms with van der Waals surface area (Å²) in [7, 11) is 0. The van der Waals surface area contributed by atoms with Crippen LogP contribution in [0.15, 0.2) is 6.20 Å². The summed E-state index contributed by atoms with van der Waals surface area (Å²) in [6.45, 7) is 6.99. The third-order valence-corrected chi connectivity index (χ3v) is 3.51. The first kappa shape index (κ1) is 12.5. The Morgan fingerprint density at radius 2 is 2.41 bits per heavy atom. The van der Waals surface area contributed by atoms with Gasteiger partial charge < -0.3 is 5.73 Å². The van der Waals surface area contributed by atoms with Crippen LogP contribution in [0.4, 0.5) is 0 Å². The normalized spacial score (nSPS) is 21.9. The molecule has 2 heterocycles. The predicted molar refractivity (Wildman–Crippen MR) is 67.4 cm³/mol. The monoisotopic (exact) mass is 237 g/mol. The number of nitrogens with two attached hydrogens (primary N) is 1. The van der Waals surface area contributed by atoms with Gasteiger partial charge in [0.1, 0.15) is 0 Å². The van der Waals surface area contributed by atoms with Crippen molar-refractivity contribution in [1.82, 2.24) is 19.9 Å². The molecule has 0 aliphatic carbocycles. The Kier molecular flexibility index (Phi) is 4.50. The van der Waals surface area contributed by atoms with Gasteiger partial charge in [0.05, 0.1) is 12.2 Å². The summed E-state index contributed by atoms with van der Waals surface area (Å²) < 4.78 is 1.83. The van der Waals surface area contributed by atoms with E-state index in [9.17, 15) is 0 Å². The van der Waals surface area contributed by atoms with E-state index in [0.29, 0.717) is 6.54 Å². The van der Waals surface area contributed by atoms with Gasteiger partial charge in [0.15, 0.2) is 0 Å². The smallest absolute Gasteiger partial charge is 0.0967 e. The molecule has 2 N–H and O–H groups in total. The summed E-state index contributed by atoms with van der Waals surface area (Å²) in [5.74, 6) is 0.864. The van der Waals surface area contributed by atoms with Crippen LogP contribution in [0.2, 0.25) is 0 Å². The number of hydrogen-bond acceptors (Lipinski definition) is 4. The van der Waals surface area contributed by atoms with Gasteiger partial charge >= 0.3 is 0 Å². The van der Waals surface area contributed by atoms with E-state index in [1.807, 2.05) is 10.9 Å². The lowest BCUT2D eigenvalue weighted by atomic mass is 9.96. The first-order chi connectivity index (χ1) is 8.31. The number of rotatable bonds is 5. The quantitative estimate of drug-likeness (QED) is 0.825. The van der Waals surface area contributed by atoms with Crippen molar-refractivity contribution < 1.29 is 0 Å². The highest BCUT2D eigenvalue weighted by Crippen LogP contribution is 2.20. The SMILES string of the molecule is CCC1CCCN(Cc2cn(CCN)nn2)C1. The summed E-state index contributed by atoms with van der Waals surface area (Å²) >= 11 is 0. The summed E-state index contributed by atoms with van der Waals surface area (Å²) in [5.41, 5.74) is 6.56. The van der Waals surface area contributed by atoms with E-state index in [1.54, 1.807) is 0 Å². The number of likely N-dealkylation sites (tertiary alicyclic amines) is 1. The zero-order valence-corrected chi connectivity index (χ0v) is 10.7. The molecule has 1 unspecified atom stereocenters. The first-order valence-electron chi connectivity index (χ1n) is 6.63. The molecule has 1 fully saturated rings. The highest BCUT2D eigenvalue weighted by molar-refractivity contribution is 4.93. The maximum atomic E-state index is 5.49. The summed E-state index contributed by atoms with van der Waals surface area (Å²) in [6.07, 6.45) is 6.00. The van der Waals surface area contributed by atoms with Crippen LogP contribution in [0, 0.1) is 5.92 Å². The number of hydrogen-bond donors (Lipinski definition) is 1. The average Bonchev–Trinajstić information content (AvgIpc) is 2.77. The molecular formula is C12H23N5. The third-order valence-electron chi connectivity index (χ3n) is 3.51. The molecule has 17 heavy (non-hydrogen) atoms. The van der Waals surface area contributed by atoms with Gasteiger partial charge in [-0.3, -0.25) is 9.58 Å². The molecule has 1 atom stereocenters. The molecule has 1 aliphatic rings. The van der Waals surface area contributed by atoms with Gasteiger partial charge in [-0.15, -0.1) is 5.10 Å². The third kappa shape index (κ3) is 3.51. The molecule has 1 saturated heterocycles. The Labute approximate surface area is 103 Å². The maximum absolute atomic E-state index is 5.49. The van der Waals surface area contributed by atoms with E-state index < -0.39 is 0 Å². The standard InChI is InChI=1S/C12H23N5/c1-2-11-4-3-6-16(8-11)9-12-10-17(7-5-13)15-14-12/h10-11H,2-9,13H2,1H3. The van der Waals surface area contributed by atoms with Crippen LogP contribution in [-0.4, -0.2) is 39.5 Å². The number of piperidine rings is 1. The van der Waals surface area contributed by atoms with E-state index in [0.717, 1.165) is 24.7 Å². The predicted octanol–water partition coefficient (Wildman–Crippen LogP) is 0.859. The van der Waals surface area contributed by atoms with Crippen LogP contribution in [-0.2, 0) is 13.1 Å². The van der Waals surface area contributed by atoms with Crippen molar-refractivity contribution in [2.75, 3.05) is 19.6 Å². The maximum Gasteiger partial charge on any atom is 0.0967 e. The van der Waals surface area contributed by atoms with Gasteiger partial charge in [-0.05, 0) is 25.3 Å². The molecule has 1 aromatic rings. The Balaban J connectivity index is 1.86. The lowest BCUT2D eigenvalue weighted by Gasteiger charge is -2.31. The first-order valence-corrected chi connectivity index (χ1v) is 6.63. The Hall–Kier alpha value is -0.940. The lowest BCUT2D eigenvalue weighted by molar-refractivity contribution is 0.163. The van der Waals surface area contributed by atoms with Gasteiger partial charge in [0, 0.05) is 25.8 Å². The van der Waals surface area contributed by atoms with E-state index in [2.05, 4.69) is 22.1 Å². The molecule has 0 amide bonds. The Bertz CT molecular complexity index is 335. The van der Waals surface area contributed by atoms with Crippen molar-refractivity contribution in [3.8, 4) is 0 Å². The van der Waals surface area contributed by atoms with Crippen molar-refractivity contribution >= 4 is 0 Å². The molecule has 0 aromatic carbocycles. The van der Waals surface area contributed by atoms with Crippen LogP contribution in [0.25, 0.3) is 0 Å². The fourth-order valence-corrected chi connectivity index (χ4v) is 2.51. The molecule has 0 spiro atoms. The van der Waals surface area contributed by atoms with Crippen molar-refractivity contribution in [3.63, 3.8) is 0 Å². The van der Waals surface area contributed by atoms with Gasteiger partial charge in [-0.2, -0.15) is 0 Å². The average molecular weight is 237 g/mol. The van der Waals surface area contributed by atoms with E-state index in [4.69, 9.17) is 5.73 Å². The molecule has 5 nitrogen and oxygen atoms in total. The van der Waals surface area contributed by atoms with Crippen LogP contribution in [0.1, 0.15) is 31.9 Å². The molecule has 1 aliphatic heterocycles. The topological polar surface area (TPSA) is 60.0 Å². The highest BCUT2D eigenvalue weighted by atomic mass is 15.4. The second-order valence-corrected chi connectivity index (χ2v) is 4.91. The van der Waals surface area contributed by atoms with Crippen LogP contribution in [0.3, 0.4) is 0 Å². The minimum absolute atomic E-state index is 0.615. The summed E-state index contributed by atoms with van der Waals surface area (Å²) in [4.78, 5) is 2.49. The molecule has 0 saturated carbocycles. The van der Waals surface area contributed by atoms with Crippen LogP contribution >= 0.6 is 0 Å². The van der Waals surface area contributed by atoms with E-state index in [1.165, 1.54) is 32.4 Å². The fourth-order valence-electron chi connectivity index (χ4n) is 2.51. The lowest BCUT2D eigenvalue weighted by Crippen LogP contribution is -2.34. The Morgan fingerprint density at radius 3 is 3.18 bits per heavy atom. The second-order valence-electron chi connectivity index (χ2n) is 4.91. The van der Waals surface area contributed by atoms with Crippen LogP contribution < -0.4 is 5.73 Å². The van der Waals surface area contributed by atoms with E-state index in [-0.39, 0.29) is 0 Å². The van der Waals surface area contributed by atoms with Gasteiger partial charge in [-0.25, -0.2) is 0 Å². The molecular weight excluding hydrogens is 214 g/mol. The van der Waals surface area contributed by atoms with Gasteiger partial charge in [-0.1, -0.05) is 18.6 Å². The van der Waals surface area contributed by atoms with Gasteiger partial charge in [0.25, 0.3) is 0 Å². The van der Waals surface area contributed by atoms with E-state index >= 15 is 0 Å². The minimum Gasteiger partial charge on any atom is -0.329 e. The van der Waals surface area contributed by atoms with Crippen LogP contribution in [0.5, 0.6) is 0 Å².